The predicted molar refractivity (Wildman–Crippen MR) is 96.8 cm³/mol. The third-order valence-electron chi connectivity index (χ3n) is 3.71. The standard InChI is InChI=1S/C17H18BrN3O4/c18-15-8-7-14(25-15)16(22)20-11-3-5-12(6-4-11)21-17(23)19-10-13-2-1-9-24-13/h3-8,13H,1-2,9-10H2,(H,20,22)(H2,19,21,23). The van der Waals surface area contributed by atoms with Crippen molar-refractivity contribution in [2.75, 3.05) is 23.8 Å². The Morgan fingerprint density at radius 1 is 1.08 bits per heavy atom. The number of benzene rings is 1. The number of halogens is 1. The maximum absolute atomic E-state index is 12.0. The fourth-order valence-corrected chi connectivity index (χ4v) is 2.76. The van der Waals surface area contributed by atoms with Gasteiger partial charge < -0.3 is 25.1 Å². The van der Waals surface area contributed by atoms with Gasteiger partial charge in [0.05, 0.1) is 6.10 Å². The number of furan rings is 1. The molecule has 0 bridgehead atoms. The number of amides is 3. The number of urea groups is 1. The minimum absolute atomic E-state index is 0.102. The quantitative estimate of drug-likeness (QED) is 0.705. The zero-order valence-corrected chi connectivity index (χ0v) is 15.0. The third kappa shape index (κ3) is 5.07. The van der Waals surface area contributed by atoms with E-state index in [2.05, 4.69) is 31.9 Å². The van der Waals surface area contributed by atoms with Gasteiger partial charge in [-0.15, -0.1) is 0 Å². The van der Waals surface area contributed by atoms with Crippen LogP contribution in [0.1, 0.15) is 23.4 Å². The Labute approximate surface area is 153 Å². The number of carbonyl (C=O) groups is 2. The molecule has 0 saturated carbocycles. The number of ether oxygens (including phenoxy) is 1. The average Bonchev–Trinajstić information content (AvgIpc) is 3.26. The third-order valence-corrected chi connectivity index (χ3v) is 4.14. The Kier molecular flexibility index (Phi) is 5.72. The van der Waals surface area contributed by atoms with Crippen LogP contribution in [0.4, 0.5) is 16.2 Å². The number of hydrogen-bond acceptors (Lipinski definition) is 4. The monoisotopic (exact) mass is 407 g/mol. The number of hydrogen-bond donors (Lipinski definition) is 3. The predicted octanol–water partition coefficient (Wildman–Crippen LogP) is 3.59. The lowest BCUT2D eigenvalue weighted by Gasteiger charge is -2.12. The van der Waals surface area contributed by atoms with Crippen molar-refractivity contribution >= 4 is 39.2 Å². The van der Waals surface area contributed by atoms with Crippen molar-refractivity contribution in [3.8, 4) is 0 Å². The van der Waals surface area contributed by atoms with E-state index in [-0.39, 0.29) is 23.8 Å². The van der Waals surface area contributed by atoms with Crippen molar-refractivity contribution in [2.24, 2.45) is 0 Å². The molecule has 2 aromatic rings. The molecule has 0 spiro atoms. The molecule has 25 heavy (non-hydrogen) atoms. The van der Waals surface area contributed by atoms with E-state index in [1.807, 2.05) is 0 Å². The molecule has 0 radical (unpaired) electrons. The van der Waals surface area contributed by atoms with Gasteiger partial charge in [-0.05, 0) is 65.2 Å². The summed E-state index contributed by atoms with van der Waals surface area (Å²) >= 11 is 3.15. The maximum Gasteiger partial charge on any atom is 0.319 e. The van der Waals surface area contributed by atoms with Crippen molar-refractivity contribution in [1.82, 2.24) is 5.32 Å². The summed E-state index contributed by atoms with van der Waals surface area (Å²) < 4.78 is 11.1. The van der Waals surface area contributed by atoms with Crippen LogP contribution in [0.2, 0.25) is 0 Å². The Hall–Kier alpha value is -2.32. The first-order valence-electron chi connectivity index (χ1n) is 7.93. The van der Waals surface area contributed by atoms with E-state index in [1.165, 1.54) is 0 Å². The van der Waals surface area contributed by atoms with Crippen LogP contribution in [0.3, 0.4) is 0 Å². The highest BCUT2D eigenvalue weighted by molar-refractivity contribution is 9.10. The molecular weight excluding hydrogens is 390 g/mol. The summed E-state index contributed by atoms with van der Waals surface area (Å²) in [5.74, 6) is -0.136. The lowest BCUT2D eigenvalue weighted by atomic mass is 10.2. The van der Waals surface area contributed by atoms with Crippen LogP contribution in [-0.2, 0) is 4.74 Å². The van der Waals surface area contributed by atoms with E-state index in [9.17, 15) is 9.59 Å². The fourth-order valence-electron chi connectivity index (χ4n) is 2.45. The molecule has 1 aromatic carbocycles. The molecule has 1 saturated heterocycles. The molecule has 1 atom stereocenters. The van der Waals surface area contributed by atoms with E-state index in [0.717, 1.165) is 19.4 Å². The van der Waals surface area contributed by atoms with Gasteiger partial charge in [-0.25, -0.2) is 4.79 Å². The second-order valence-electron chi connectivity index (χ2n) is 5.61. The topological polar surface area (TPSA) is 92.6 Å². The van der Waals surface area contributed by atoms with Gasteiger partial charge in [0.25, 0.3) is 5.91 Å². The molecule has 1 unspecified atom stereocenters. The summed E-state index contributed by atoms with van der Waals surface area (Å²) in [6, 6.07) is 9.76. The molecule has 8 heteroatoms. The highest BCUT2D eigenvalue weighted by atomic mass is 79.9. The summed E-state index contributed by atoms with van der Waals surface area (Å²) in [6.45, 7) is 1.26. The zero-order valence-electron chi connectivity index (χ0n) is 13.4. The SMILES string of the molecule is O=C(NCC1CCCO1)Nc1ccc(NC(=O)c2ccc(Br)o2)cc1. The van der Waals surface area contributed by atoms with E-state index < -0.39 is 0 Å². The molecule has 1 aliphatic heterocycles. The first kappa shape index (κ1) is 17.5. The smallest absolute Gasteiger partial charge is 0.319 e. The van der Waals surface area contributed by atoms with E-state index in [0.29, 0.717) is 22.6 Å². The molecule has 0 aliphatic carbocycles. The molecule has 1 aliphatic rings. The van der Waals surface area contributed by atoms with Gasteiger partial charge in [0, 0.05) is 24.5 Å². The van der Waals surface area contributed by atoms with Crippen LogP contribution in [0.5, 0.6) is 0 Å². The molecule has 3 amide bonds. The molecule has 132 valence electrons. The first-order chi connectivity index (χ1) is 12.1. The summed E-state index contributed by atoms with van der Waals surface area (Å²) in [5.41, 5.74) is 1.23. The Balaban J connectivity index is 1.48. The summed E-state index contributed by atoms with van der Waals surface area (Å²) in [6.07, 6.45) is 2.11. The second kappa shape index (κ2) is 8.17. The van der Waals surface area contributed by atoms with Crippen LogP contribution < -0.4 is 16.0 Å². The van der Waals surface area contributed by atoms with Crippen molar-refractivity contribution in [2.45, 2.75) is 18.9 Å². The number of anilines is 2. The van der Waals surface area contributed by atoms with Gasteiger partial charge in [0.2, 0.25) is 0 Å². The average molecular weight is 408 g/mol. The number of rotatable bonds is 5. The van der Waals surface area contributed by atoms with Gasteiger partial charge in [0.15, 0.2) is 10.4 Å². The van der Waals surface area contributed by atoms with Gasteiger partial charge in [-0.3, -0.25) is 4.79 Å². The highest BCUT2D eigenvalue weighted by Crippen LogP contribution is 2.18. The summed E-state index contributed by atoms with van der Waals surface area (Å²) in [4.78, 5) is 23.8. The lowest BCUT2D eigenvalue weighted by molar-refractivity contribution is 0.0995. The normalized spacial score (nSPS) is 16.4. The largest absolute Gasteiger partial charge is 0.444 e. The molecule has 7 nitrogen and oxygen atoms in total. The molecule has 1 fully saturated rings. The van der Waals surface area contributed by atoms with Crippen molar-refractivity contribution in [3.05, 3.63) is 46.8 Å². The van der Waals surface area contributed by atoms with Crippen LogP contribution in [0, 0.1) is 0 Å². The fraction of sp³-hybridized carbons (Fsp3) is 0.294. The zero-order chi connectivity index (χ0) is 17.6. The Bertz CT molecular complexity index is 739. The van der Waals surface area contributed by atoms with E-state index >= 15 is 0 Å². The number of nitrogens with one attached hydrogen (secondary N) is 3. The van der Waals surface area contributed by atoms with E-state index in [1.54, 1.807) is 36.4 Å². The molecular formula is C17H18BrN3O4. The van der Waals surface area contributed by atoms with Gasteiger partial charge in [-0.1, -0.05) is 0 Å². The minimum Gasteiger partial charge on any atom is -0.444 e. The van der Waals surface area contributed by atoms with Crippen LogP contribution >= 0.6 is 15.9 Å². The van der Waals surface area contributed by atoms with E-state index in [4.69, 9.17) is 9.15 Å². The van der Waals surface area contributed by atoms with Crippen LogP contribution in [0.25, 0.3) is 0 Å². The van der Waals surface area contributed by atoms with Crippen LogP contribution in [0.15, 0.2) is 45.5 Å². The maximum atomic E-state index is 12.0. The molecule has 3 N–H and O–H groups in total. The first-order valence-corrected chi connectivity index (χ1v) is 8.72. The van der Waals surface area contributed by atoms with Crippen molar-refractivity contribution < 1.29 is 18.7 Å². The highest BCUT2D eigenvalue weighted by Gasteiger charge is 2.16. The van der Waals surface area contributed by atoms with Gasteiger partial charge in [0.1, 0.15) is 0 Å². The second-order valence-corrected chi connectivity index (χ2v) is 6.39. The van der Waals surface area contributed by atoms with Gasteiger partial charge >= 0.3 is 6.03 Å². The van der Waals surface area contributed by atoms with Crippen LogP contribution in [-0.4, -0.2) is 31.2 Å². The Morgan fingerprint density at radius 3 is 2.40 bits per heavy atom. The Morgan fingerprint density at radius 2 is 1.80 bits per heavy atom. The summed E-state index contributed by atoms with van der Waals surface area (Å²) in [7, 11) is 0. The number of carbonyl (C=O) groups excluding carboxylic acids is 2. The molecule has 3 rings (SSSR count). The summed E-state index contributed by atoms with van der Waals surface area (Å²) in [5, 5.41) is 8.24. The minimum atomic E-state index is -0.347. The van der Waals surface area contributed by atoms with Crippen molar-refractivity contribution in [1.29, 1.82) is 0 Å². The van der Waals surface area contributed by atoms with Gasteiger partial charge in [-0.2, -0.15) is 0 Å². The lowest BCUT2D eigenvalue weighted by Crippen LogP contribution is -2.35. The molecule has 1 aromatic heterocycles. The molecule has 2 heterocycles. The van der Waals surface area contributed by atoms with Crippen molar-refractivity contribution in [3.63, 3.8) is 0 Å².